The van der Waals surface area contributed by atoms with Crippen LogP contribution in [0.5, 0.6) is 0 Å². The molecule has 1 amide bonds. The summed E-state index contributed by atoms with van der Waals surface area (Å²) < 4.78 is 0. The van der Waals surface area contributed by atoms with Crippen LogP contribution < -0.4 is 5.32 Å². The zero-order valence-electron chi connectivity index (χ0n) is 9.79. The molecule has 0 atom stereocenters. The lowest BCUT2D eigenvalue weighted by molar-refractivity contribution is -0.115. The van der Waals surface area contributed by atoms with Gasteiger partial charge in [0.1, 0.15) is 0 Å². The number of hydrogen-bond donors (Lipinski definition) is 1. The van der Waals surface area contributed by atoms with Gasteiger partial charge >= 0.3 is 0 Å². The van der Waals surface area contributed by atoms with Crippen molar-refractivity contribution in [3.05, 3.63) is 63.1 Å². The minimum absolute atomic E-state index is 0.183. The van der Waals surface area contributed by atoms with Crippen molar-refractivity contribution < 1.29 is 4.79 Å². The van der Waals surface area contributed by atoms with Gasteiger partial charge in [-0.05, 0) is 23.8 Å². The minimum Gasteiger partial charge on any atom is -0.324 e. The third-order valence-corrected chi connectivity index (χ3v) is 3.72. The first-order chi connectivity index (χ1) is 9.08. The highest BCUT2D eigenvalue weighted by atomic mass is 35.5. The van der Waals surface area contributed by atoms with Crippen LogP contribution in [-0.4, -0.2) is 5.91 Å². The molecular formula is C14H10Cl3NO. The topological polar surface area (TPSA) is 29.1 Å². The van der Waals surface area contributed by atoms with Gasteiger partial charge in [-0.25, -0.2) is 0 Å². The maximum atomic E-state index is 11.9. The summed E-state index contributed by atoms with van der Waals surface area (Å²) in [5.74, 6) is -0.197. The molecule has 5 heteroatoms. The van der Waals surface area contributed by atoms with Crippen LogP contribution in [-0.2, 0) is 11.2 Å². The molecule has 0 aliphatic rings. The van der Waals surface area contributed by atoms with Crippen molar-refractivity contribution in [3.8, 4) is 0 Å². The van der Waals surface area contributed by atoms with Crippen molar-refractivity contribution >= 4 is 46.4 Å². The van der Waals surface area contributed by atoms with Crippen molar-refractivity contribution in [1.29, 1.82) is 0 Å². The average Bonchev–Trinajstić information content (AvgIpc) is 2.38. The number of carbonyl (C=O) groups is 1. The Kier molecular flexibility index (Phi) is 4.70. The number of nitrogens with one attached hydrogen (secondary N) is 1. The van der Waals surface area contributed by atoms with Crippen LogP contribution in [0.2, 0.25) is 15.1 Å². The Morgan fingerprint density at radius 3 is 2.37 bits per heavy atom. The first-order valence-electron chi connectivity index (χ1n) is 5.55. The van der Waals surface area contributed by atoms with Crippen LogP contribution in [0.1, 0.15) is 5.56 Å². The zero-order chi connectivity index (χ0) is 13.8. The van der Waals surface area contributed by atoms with Gasteiger partial charge in [-0.3, -0.25) is 4.79 Å². The molecule has 0 aliphatic carbocycles. The molecule has 0 saturated heterocycles. The van der Waals surface area contributed by atoms with E-state index in [4.69, 9.17) is 34.8 Å². The molecule has 2 aromatic carbocycles. The van der Waals surface area contributed by atoms with Crippen LogP contribution in [0, 0.1) is 0 Å². The van der Waals surface area contributed by atoms with E-state index < -0.39 is 0 Å². The van der Waals surface area contributed by atoms with Gasteiger partial charge in [0.25, 0.3) is 0 Å². The van der Waals surface area contributed by atoms with Gasteiger partial charge in [0.15, 0.2) is 0 Å². The molecule has 1 N–H and O–H groups in total. The fraction of sp³-hybridized carbons (Fsp3) is 0.0714. The van der Waals surface area contributed by atoms with Gasteiger partial charge in [0, 0.05) is 5.02 Å². The number of benzene rings is 2. The molecular weight excluding hydrogens is 305 g/mol. The van der Waals surface area contributed by atoms with Gasteiger partial charge in [0.2, 0.25) is 5.91 Å². The highest BCUT2D eigenvalue weighted by molar-refractivity contribution is 6.44. The predicted octanol–water partition coefficient (Wildman–Crippen LogP) is 4.83. The monoisotopic (exact) mass is 313 g/mol. The number of anilines is 1. The molecule has 0 unspecified atom stereocenters. The third kappa shape index (κ3) is 3.63. The lowest BCUT2D eigenvalue weighted by Crippen LogP contribution is -2.14. The van der Waals surface area contributed by atoms with Gasteiger partial charge < -0.3 is 5.32 Å². The summed E-state index contributed by atoms with van der Waals surface area (Å²) in [5, 5.41) is 4.01. The molecule has 2 aromatic rings. The first-order valence-corrected chi connectivity index (χ1v) is 6.68. The van der Waals surface area contributed by atoms with E-state index in [1.807, 2.05) is 18.2 Å². The highest BCUT2D eigenvalue weighted by Crippen LogP contribution is 2.29. The summed E-state index contributed by atoms with van der Waals surface area (Å²) in [6.45, 7) is 0. The largest absolute Gasteiger partial charge is 0.324 e. The third-order valence-electron chi connectivity index (χ3n) is 2.53. The van der Waals surface area contributed by atoms with E-state index >= 15 is 0 Å². The summed E-state index contributed by atoms with van der Waals surface area (Å²) in [5.41, 5.74) is 1.26. The van der Waals surface area contributed by atoms with E-state index in [-0.39, 0.29) is 12.3 Å². The molecule has 0 radical (unpaired) electrons. The Morgan fingerprint density at radius 2 is 1.63 bits per heavy atom. The zero-order valence-corrected chi connectivity index (χ0v) is 12.1. The molecule has 0 heterocycles. The molecule has 0 fully saturated rings. The second-order valence-corrected chi connectivity index (χ2v) is 5.11. The number of amides is 1. The van der Waals surface area contributed by atoms with Crippen LogP contribution in [0.25, 0.3) is 0 Å². The number of halogens is 3. The van der Waals surface area contributed by atoms with E-state index in [0.29, 0.717) is 20.8 Å². The second-order valence-electron chi connectivity index (χ2n) is 3.92. The molecule has 0 aliphatic heterocycles. The molecule has 2 rings (SSSR count). The van der Waals surface area contributed by atoms with Gasteiger partial charge in [-0.15, -0.1) is 0 Å². The molecule has 0 aromatic heterocycles. The normalized spacial score (nSPS) is 10.3. The summed E-state index contributed by atoms with van der Waals surface area (Å²) in [6.07, 6.45) is 0.183. The summed E-state index contributed by atoms with van der Waals surface area (Å²) in [4.78, 5) is 11.9. The van der Waals surface area contributed by atoms with Crippen molar-refractivity contribution in [2.24, 2.45) is 0 Å². The fourth-order valence-corrected chi connectivity index (χ4v) is 2.16. The Balaban J connectivity index is 2.10. The Bertz CT molecular complexity index is 613. The maximum Gasteiger partial charge on any atom is 0.228 e. The van der Waals surface area contributed by atoms with E-state index in [9.17, 15) is 4.79 Å². The highest BCUT2D eigenvalue weighted by Gasteiger charge is 2.10. The quantitative estimate of drug-likeness (QED) is 0.864. The maximum absolute atomic E-state index is 11.9. The number of rotatable bonds is 3. The van der Waals surface area contributed by atoms with Crippen LogP contribution in [0.4, 0.5) is 5.69 Å². The van der Waals surface area contributed by atoms with E-state index in [0.717, 1.165) is 5.56 Å². The lowest BCUT2D eigenvalue weighted by Gasteiger charge is -2.08. The SMILES string of the molecule is O=C(Cc1ccccc1Cl)Nc1cccc(Cl)c1Cl. The second kappa shape index (κ2) is 6.29. The van der Waals surface area contributed by atoms with E-state index in [1.165, 1.54) is 0 Å². The van der Waals surface area contributed by atoms with E-state index in [1.54, 1.807) is 24.3 Å². The number of carbonyl (C=O) groups excluding carboxylic acids is 1. The van der Waals surface area contributed by atoms with Crippen LogP contribution >= 0.6 is 34.8 Å². The standard InChI is InChI=1S/C14H10Cl3NO/c15-10-5-2-1-4-9(10)8-13(19)18-12-7-3-6-11(16)14(12)17/h1-7H,8H2,(H,18,19). The smallest absolute Gasteiger partial charge is 0.228 e. The molecule has 2 nitrogen and oxygen atoms in total. The summed E-state index contributed by atoms with van der Waals surface area (Å²) in [6, 6.07) is 12.3. The van der Waals surface area contributed by atoms with Crippen molar-refractivity contribution in [3.63, 3.8) is 0 Å². The van der Waals surface area contributed by atoms with E-state index in [2.05, 4.69) is 5.32 Å². The molecule has 19 heavy (non-hydrogen) atoms. The van der Waals surface area contributed by atoms with Crippen LogP contribution in [0.3, 0.4) is 0 Å². The molecule has 0 saturated carbocycles. The fourth-order valence-electron chi connectivity index (χ4n) is 1.61. The lowest BCUT2D eigenvalue weighted by atomic mass is 10.1. The van der Waals surface area contributed by atoms with Crippen molar-refractivity contribution in [2.75, 3.05) is 5.32 Å². The molecule has 98 valence electrons. The van der Waals surface area contributed by atoms with Gasteiger partial charge in [0.05, 0.1) is 22.2 Å². The Labute approximate surface area is 126 Å². The average molecular weight is 315 g/mol. The summed E-state index contributed by atoms with van der Waals surface area (Å²) in [7, 11) is 0. The molecule has 0 bridgehead atoms. The molecule has 0 spiro atoms. The predicted molar refractivity (Wildman–Crippen MR) is 80.2 cm³/mol. The summed E-state index contributed by atoms with van der Waals surface area (Å²) >= 11 is 17.9. The van der Waals surface area contributed by atoms with Crippen molar-refractivity contribution in [2.45, 2.75) is 6.42 Å². The van der Waals surface area contributed by atoms with Crippen LogP contribution in [0.15, 0.2) is 42.5 Å². The van der Waals surface area contributed by atoms with Gasteiger partial charge in [-0.2, -0.15) is 0 Å². The Morgan fingerprint density at radius 1 is 0.947 bits per heavy atom. The number of hydrogen-bond acceptors (Lipinski definition) is 1. The first kappa shape index (κ1) is 14.2. The van der Waals surface area contributed by atoms with Gasteiger partial charge in [-0.1, -0.05) is 59.1 Å². The van der Waals surface area contributed by atoms with Crippen molar-refractivity contribution in [1.82, 2.24) is 0 Å². The minimum atomic E-state index is -0.197. The Hall–Kier alpha value is -1.22.